The maximum Gasteiger partial charge on any atom is 0.408 e. The van der Waals surface area contributed by atoms with Gasteiger partial charge in [-0.1, -0.05) is 83.2 Å². The second-order valence-electron chi connectivity index (χ2n) is 16.4. The average Bonchev–Trinajstić information content (AvgIpc) is 3.58. The van der Waals surface area contributed by atoms with E-state index in [0.717, 1.165) is 85.2 Å². The van der Waals surface area contributed by atoms with E-state index in [4.69, 9.17) is 34.7 Å². The van der Waals surface area contributed by atoms with Crippen LogP contribution in [-0.2, 0) is 30.4 Å². The Kier molecular flexibility index (Phi) is 29.3. The number of alkyl carbamates (subject to hydrolysis) is 1. The first-order valence-corrected chi connectivity index (χ1v) is 24.2. The minimum atomic E-state index is -0.639. The first kappa shape index (κ1) is 58.1. The molecule has 5 rings (SSSR count). The van der Waals surface area contributed by atoms with Crippen LogP contribution >= 0.6 is 11.8 Å². The first-order valence-electron chi connectivity index (χ1n) is 23.0. The third-order valence-electron chi connectivity index (χ3n) is 10.8. The number of amides is 2. The Balaban J connectivity index is 0.00000123. The standard InChI is InChI=1S/C38H54N6O5S.C6H12.C3H6O2.C2H6.CH2O/c1-25(2)41-37(50-4)40-23-27-21-35(31-17-16-29(47-3)22-34(31)42-27)48-30-18-19-44(24-30)36(45)33(43-38(46)49-28-13-10-11-14-28)15-9-7-5-6-8-12-26-20-32(26)39;1-5(2)6(3)4;1-3(4)5-2;2*1-2/h8,12,16-17,21-22,26,28,30,32-33H,1,5-7,9-11,13-15,18-20,23-24,39H2,2-4H3,(H,40,41)(H,43,46);6H,1H2,2-4H3;1-2H3;1-2H3;1H2/b12-8-;;;;/t26-,30?,32-,33?;;;;/m1..../s1. The number of carbonyl (C=O) groups excluding carboxylic acids is 4. The van der Waals surface area contributed by atoms with Crippen molar-refractivity contribution in [1.29, 1.82) is 0 Å². The maximum absolute atomic E-state index is 13.9. The van der Waals surface area contributed by atoms with Crippen LogP contribution in [0.3, 0.4) is 0 Å². The lowest BCUT2D eigenvalue weighted by Crippen LogP contribution is -2.48. The Labute approximate surface area is 394 Å². The Morgan fingerprint density at radius 1 is 1.02 bits per heavy atom. The van der Waals surface area contributed by atoms with Crippen molar-refractivity contribution in [2.75, 3.05) is 33.6 Å². The van der Waals surface area contributed by atoms with Gasteiger partial charge >= 0.3 is 12.1 Å². The molecule has 65 heavy (non-hydrogen) atoms. The van der Waals surface area contributed by atoms with Crippen LogP contribution in [0.1, 0.15) is 125 Å². The zero-order valence-corrected chi connectivity index (χ0v) is 41.9. The summed E-state index contributed by atoms with van der Waals surface area (Å²) in [5.74, 6) is 2.26. The number of unbranched alkanes of at least 4 members (excludes halogenated alkanes) is 3. The van der Waals surface area contributed by atoms with Crippen molar-refractivity contribution in [1.82, 2.24) is 20.5 Å². The van der Waals surface area contributed by atoms with Crippen molar-refractivity contribution in [3.8, 4) is 11.5 Å². The molecule has 15 heteroatoms. The third kappa shape index (κ3) is 23.2. The van der Waals surface area contributed by atoms with Gasteiger partial charge in [-0.25, -0.2) is 4.79 Å². The number of nitrogens with two attached hydrogens (primary N) is 1. The molecule has 2 aliphatic carbocycles. The topological polar surface area (TPSA) is 184 Å². The fourth-order valence-electron chi connectivity index (χ4n) is 6.56. The van der Waals surface area contributed by atoms with Gasteiger partial charge in [0.15, 0.2) is 5.17 Å². The lowest BCUT2D eigenvalue weighted by atomic mass is 10.1. The van der Waals surface area contributed by atoms with E-state index in [-0.39, 0.29) is 24.1 Å². The Bertz CT molecular complexity index is 1830. The fraction of sp³-hybridized carbons (Fsp3) is 0.600. The smallest absolute Gasteiger partial charge is 0.408 e. The molecule has 0 radical (unpaired) electrons. The van der Waals surface area contributed by atoms with Crippen molar-refractivity contribution in [2.45, 2.75) is 150 Å². The number of rotatable bonds is 17. The zero-order chi connectivity index (χ0) is 48.9. The molecule has 2 unspecified atom stereocenters. The molecule has 3 aliphatic rings. The van der Waals surface area contributed by atoms with Gasteiger partial charge in [0.25, 0.3) is 0 Å². The van der Waals surface area contributed by atoms with E-state index >= 15 is 0 Å². The molecule has 3 fully saturated rings. The molecule has 14 nitrogen and oxygen atoms in total. The van der Waals surface area contributed by atoms with E-state index in [1.807, 2.05) is 69.9 Å². The molecule has 2 amide bonds. The van der Waals surface area contributed by atoms with Crippen LogP contribution < -0.4 is 25.8 Å². The molecule has 4 N–H and O–H groups in total. The molecule has 1 aromatic heterocycles. The number of carbonyl (C=O) groups is 4. The molecule has 2 aromatic rings. The van der Waals surface area contributed by atoms with Gasteiger partial charge in [-0.05, 0) is 95.4 Å². The van der Waals surface area contributed by atoms with Crippen molar-refractivity contribution in [2.24, 2.45) is 22.6 Å². The summed E-state index contributed by atoms with van der Waals surface area (Å²) >= 11 is 1.51. The fourth-order valence-corrected chi connectivity index (χ4v) is 7.03. The number of pyridine rings is 1. The molecule has 0 spiro atoms. The van der Waals surface area contributed by atoms with Crippen molar-refractivity contribution < 1.29 is 38.1 Å². The predicted octanol–water partition coefficient (Wildman–Crippen LogP) is 9.70. The van der Waals surface area contributed by atoms with E-state index < -0.39 is 12.1 Å². The third-order valence-corrected chi connectivity index (χ3v) is 11.4. The van der Waals surface area contributed by atoms with Gasteiger partial charge in [-0.15, -0.1) is 0 Å². The number of thioether (sulfide) groups is 1. The van der Waals surface area contributed by atoms with Crippen molar-refractivity contribution >= 4 is 52.6 Å². The minimum absolute atomic E-state index is 0.0675. The van der Waals surface area contributed by atoms with Gasteiger partial charge in [0, 0.05) is 49.1 Å². The van der Waals surface area contributed by atoms with Gasteiger partial charge < -0.3 is 45.0 Å². The Hall–Kier alpha value is -4.89. The molecule has 1 aliphatic heterocycles. The van der Waals surface area contributed by atoms with E-state index in [1.54, 1.807) is 7.11 Å². The summed E-state index contributed by atoms with van der Waals surface area (Å²) in [6, 6.07) is 7.35. The SMILES string of the molecule is C=C(C)C(C)C.C=C(C)NC(=NCc1cc(OC2CCN(C(=O)C(CCCCC/C=C\[C@@H]3C[C@H]3N)NC(=O)OC3CCCC3)C2)c2ccc(OC)cc2n1)SC.C=O.CC.COC(C)=O. The number of benzene rings is 1. The Morgan fingerprint density at radius 3 is 2.22 bits per heavy atom. The van der Waals surface area contributed by atoms with Crippen LogP contribution in [0.15, 0.2) is 65.8 Å². The summed E-state index contributed by atoms with van der Waals surface area (Å²) in [5, 5.41) is 7.72. The first-order chi connectivity index (χ1) is 31.1. The normalized spacial score (nSPS) is 18.0. The summed E-state index contributed by atoms with van der Waals surface area (Å²) in [6.45, 7) is 24.6. The molecule has 2 heterocycles. The molecule has 4 atom stereocenters. The maximum atomic E-state index is 13.9. The number of likely N-dealkylation sites (tertiary alicyclic amines) is 1. The van der Waals surface area contributed by atoms with Gasteiger partial charge in [0.1, 0.15) is 36.5 Å². The number of esters is 1. The quantitative estimate of drug-likeness (QED) is 0.0450. The highest BCUT2D eigenvalue weighted by molar-refractivity contribution is 8.13. The van der Waals surface area contributed by atoms with Crippen LogP contribution in [0.25, 0.3) is 10.9 Å². The number of aromatic nitrogens is 1. The molecule has 1 saturated heterocycles. The van der Waals surface area contributed by atoms with Crippen LogP contribution in [0.5, 0.6) is 11.5 Å². The number of methoxy groups -OCH3 is 2. The predicted molar refractivity (Wildman–Crippen MR) is 266 cm³/mol. The van der Waals surface area contributed by atoms with E-state index in [2.05, 4.69) is 54.5 Å². The summed E-state index contributed by atoms with van der Waals surface area (Å²) < 4.78 is 21.9. The van der Waals surface area contributed by atoms with Crippen LogP contribution in [-0.4, -0.2) is 97.7 Å². The van der Waals surface area contributed by atoms with Gasteiger partial charge in [0.2, 0.25) is 5.91 Å². The summed E-state index contributed by atoms with van der Waals surface area (Å²) in [4.78, 5) is 55.8. The van der Waals surface area contributed by atoms with Gasteiger partial charge in [-0.3, -0.25) is 19.6 Å². The van der Waals surface area contributed by atoms with E-state index in [9.17, 15) is 14.4 Å². The zero-order valence-electron chi connectivity index (χ0n) is 41.0. The molecular weight excluding hydrogens is 845 g/mol. The number of ether oxygens (including phenoxy) is 4. The molecule has 364 valence electrons. The molecule has 1 aromatic carbocycles. The van der Waals surface area contributed by atoms with Crippen molar-refractivity contribution in [3.63, 3.8) is 0 Å². The lowest BCUT2D eigenvalue weighted by molar-refractivity contribution is -0.138. The van der Waals surface area contributed by atoms with Crippen LogP contribution in [0.2, 0.25) is 0 Å². The highest BCUT2D eigenvalue weighted by atomic mass is 32.2. The largest absolute Gasteiger partial charge is 0.497 e. The number of nitrogens with one attached hydrogen (secondary N) is 2. The number of hydrogen-bond acceptors (Lipinski definition) is 12. The Morgan fingerprint density at radius 2 is 1.66 bits per heavy atom. The molecular formula is C50H80N6O8S. The summed E-state index contributed by atoms with van der Waals surface area (Å²) in [7, 11) is 2.98. The molecule has 0 bridgehead atoms. The van der Waals surface area contributed by atoms with Gasteiger partial charge in [-0.2, -0.15) is 0 Å². The second-order valence-corrected chi connectivity index (χ2v) is 17.2. The number of amidine groups is 1. The lowest BCUT2D eigenvalue weighted by Gasteiger charge is -2.25. The number of nitrogens with zero attached hydrogens (tertiary/aromatic N) is 3. The number of hydrogen-bond donors (Lipinski definition) is 3. The van der Waals surface area contributed by atoms with Crippen LogP contribution in [0.4, 0.5) is 4.79 Å². The minimum Gasteiger partial charge on any atom is -0.497 e. The van der Waals surface area contributed by atoms with E-state index in [0.29, 0.717) is 61.9 Å². The van der Waals surface area contributed by atoms with E-state index in [1.165, 1.54) is 31.4 Å². The van der Waals surface area contributed by atoms with Gasteiger partial charge in [0.05, 0.1) is 38.5 Å². The van der Waals surface area contributed by atoms with Crippen molar-refractivity contribution in [3.05, 3.63) is 66.5 Å². The number of allylic oxidation sites excluding steroid dienone is 3. The second kappa shape index (κ2) is 32.7. The number of aliphatic imine (C=N–C) groups is 1. The highest BCUT2D eigenvalue weighted by Crippen LogP contribution is 2.32. The average molecular weight is 925 g/mol. The molecule has 2 saturated carbocycles. The summed E-state index contributed by atoms with van der Waals surface area (Å²) in [6.07, 6.45) is 15.7. The monoisotopic (exact) mass is 925 g/mol. The highest BCUT2D eigenvalue weighted by Gasteiger charge is 2.34. The van der Waals surface area contributed by atoms with Crippen LogP contribution in [0, 0.1) is 11.8 Å². The number of fused-ring (bicyclic) bond motifs is 1. The summed E-state index contributed by atoms with van der Waals surface area (Å²) in [5.41, 5.74) is 9.46.